The predicted octanol–water partition coefficient (Wildman–Crippen LogP) is 4.43. The van der Waals surface area contributed by atoms with Crippen molar-refractivity contribution in [2.75, 3.05) is 5.75 Å². The lowest BCUT2D eigenvalue weighted by atomic mass is 10.2. The molecule has 0 aliphatic heterocycles. The van der Waals surface area contributed by atoms with Crippen LogP contribution in [0, 0.1) is 0 Å². The van der Waals surface area contributed by atoms with Gasteiger partial charge in [-0.2, -0.15) is 0 Å². The minimum Gasteiger partial charge on any atom is -0.459 e. The van der Waals surface area contributed by atoms with Gasteiger partial charge in [-0.1, -0.05) is 47.4 Å². The van der Waals surface area contributed by atoms with Gasteiger partial charge in [0.15, 0.2) is 10.5 Å². The van der Waals surface area contributed by atoms with Crippen molar-refractivity contribution >= 4 is 66.3 Å². The van der Waals surface area contributed by atoms with E-state index in [2.05, 4.69) is 15.0 Å². The van der Waals surface area contributed by atoms with Gasteiger partial charge in [-0.3, -0.25) is 14.0 Å². The quantitative estimate of drug-likeness (QED) is 0.205. The number of fused-ring (bicyclic) bond motifs is 6. The molecular formula is C23H14N4O4S2. The van der Waals surface area contributed by atoms with Crippen molar-refractivity contribution in [2.45, 2.75) is 11.6 Å². The Morgan fingerprint density at radius 1 is 1.12 bits per heavy atom. The predicted molar refractivity (Wildman–Crippen MR) is 127 cm³/mol. The fourth-order valence-electron chi connectivity index (χ4n) is 3.63. The zero-order chi connectivity index (χ0) is 22.4. The normalized spacial score (nSPS) is 11.6. The van der Waals surface area contributed by atoms with E-state index in [0.717, 1.165) is 15.6 Å². The van der Waals surface area contributed by atoms with Gasteiger partial charge in [0.05, 0.1) is 21.7 Å². The van der Waals surface area contributed by atoms with Crippen LogP contribution in [0.2, 0.25) is 0 Å². The number of carbonyl (C=O) groups excluding carboxylic acids is 1. The molecule has 0 bridgehead atoms. The van der Waals surface area contributed by atoms with E-state index < -0.39 is 5.97 Å². The minimum atomic E-state index is -0.443. The number of benzene rings is 2. The second-order valence-corrected chi connectivity index (χ2v) is 9.15. The molecule has 4 heterocycles. The van der Waals surface area contributed by atoms with E-state index in [9.17, 15) is 9.59 Å². The minimum absolute atomic E-state index is 0.0350. The molecule has 0 spiro atoms. The molecule has 2 aromatic carbocycles. The summed E-state index contributed by atoms with van der Waals surface area (Å²) in [6, 6.07) is 16.6. The maximum absolute atomic E-state index is 12.6. The number of hydrogen-bond donors (Lipinski definition) is 0. The van der Waals surface area contributed by atoms with Gasteiger partial charge in [0, 0.05) is 11.5 Å². The lowest BCUT2D eigenvalue weighted by Crippen LogP contribution is -2.15. The summed E-state index contributed by atoms with van der Waals surface area (Å²) < 4.78 is 13.8. The Kier molecular flexibility index (Phi) is 4.81. The molecule has 0 unspecified atom stereocenters. The molecule has 6 aromatic rings. The van der Waals surface area contributed by atoms with Crippen LogP contribution in [0.5, 0.6) is 0 Å². The van der Waals surface area contributed by atoms with Gasteiger partial charge in [0.25, 0.3) is 5.56 Å². The summed E-state index contributed by atoms with van der Waals surface area (Å²) in [5, 5.41) is 1.46. The summed E-state index contributed by atoms with van der Waals surface area (Å²) in [5.41, 5.74) is 2.99. The lowest BCUT2D eigenvalue weighted by molar-refractivity contribution is -0.141. The fourth-order valence-corrected chi connectivity index (χ4v) is 5.40. The maximum atomic E-state index is 12.6. The fraction of sp³-hybridized carbons (Fsp3) is 0.0870. The van der Waals surface area contributed by atoms with Crippen molar-refractivity contribution in [1.29, 1.82) is 0 Å². The van der Waals surface area contributed by atoms with Gasteiger partial charge in [-0.05, 0) is 24.3 Å². The van der Waals surface area contributed by atoms with Crippen LogP contribution in [0.4, 0.5) is 0 Å². The number of hydrogen-bond acceptors (Lipinski definition) is 9. The monoisotopic (exact) mass is 474 g/mol. The molecule has 8 nitrogen and oxygen atoms in total. The first-order chi connectivity index (χ1) is 16.2. The van der Waals surface area contributed by atoms with Crippen LogP contribution in [0.15, 0.2) is 75.2 Å². The van der Waals surface area contributed by atoms with Gasteiger partial charge >= 0.3 is 5.97 Å². The molecule has 0 N–H and O–H groups in total. The van der Waals surface area contributed by atoms with E-state index in [1.54, 1.807) is 4.40 Å². The van der Waals surface area contributed by atoms with E-state index in [4.69, 9.17) is 9.15 Å². The van der Waals surface area contributed by atoms with Crippen LogP contribution in [0.3, 0.4) is 0 Å². The first kappa shape index (κ1) is 19.9. The number of para-hydroxylation sites is 2. The second kappa shape index (κ2) is 7.98. The summed E-state index contributed by atoms with van der Waals surface area (Å²) in [6.45, 7) is -0.0802. The third-order valence-electron chi connectivity index (χ3n) is 5.08. The average Bonchev–Trinajstić information content (AvgIpc) is 3.40. The largest absolute Gasteiger partial charge is 0.459 e. The first-order valence-corrected chi connectivity index (χ1v) is 11.8. The molecule has 0 amide bonds. The molecule has 162 valence electrons. The molecule has 0 fully saturated rings. The van der Waals surface area contributed by atoms with Crippen LogP contribution in [0.25, 0.3) is 37.2 Å². The smallest absolute Gasteiger partial charge is 0.316 e. The molecule has 10 heteroatoms. The van der Waals surface area contributed by atoms with Gasteiger partial charge in [-0.15, -0.1) is 0 Å². The van der Waals surface area contributed by atoms with E-state index >= 15 is 0 Å². The second-order valence-electron chi connectivity index (χ2n) is 7.18. The summed E-state index contributed by atoms with van der Waals surface area (Å²) in [6.07, 6.45) is 1.45. The highest BCUT2D eigenvalue weighted by Gasteiger charge is 2.16. The highest BCUT2D eigenvalue weighted by molar-refractivity contribution is 8.00. The van der Waals surface area contributed by atoms with Crippen LogP contribution in [-0.2, 0) is 16.1 Å². The topological polar surface area (TPSA) is 99.6 Å². The molecule has 0 aliphatic rings. The molecule has 4 aromatic heterocycles. The molecule has 0 radical (unpaired) electrons. The standard InChI is InChI=1S/C23H14N4O4S2/c28-18-9-13(26-23-27(18)15-6-2-4-8-17(15)33-23)10-30-19(29)11-32-22-21-20(24-12-25-22)14-5-1-3-7-16(14)31-21/h1-9,12H,10-11H2. The van der Waals surface area contributed by atoms with E-state index in [1.807, 2.05) is 48.5 Å². The zero-order valence-electron chi connectivity index (χ0n) is 16.9. The Morgan fingerprint density at radius 2 is 1.97 bits per heavy atom. The molecular weight excluding hydrogens is 460 g/mol. The number of thioether (sulfide) groups is 1. The van der Waals surface area contributed by atoms with E-state index in [1.165, 1.54) is 35.5 Å². The number of aromatic nitrogens is 4. The number of nitrogens with zero attached hydrogens (tertiary/aromatic N) is 4. The van der Waals surface area contributed by atoms with Gasteiger partial charge in [0.1, 0.15) is 29.1 Å². The number of esters is 1. The van der Waals surface area contributed by atoms with Crippen LogP contribution in [0.1, 0.15) is 5.69 Å². The van der Waals surface area contributed by atoms with Crippen molar-refractivity contribution in [2.24, 2.45) is 0 Å². The molecule has 33 heavy (non-hydrogen) atoms. The van der Waals surface area contributed by atoms with Gasteiger partial charge < -0.3 is 9.15 Å². The highest BCUT2D eigenvalue weighted by atomic mass is 32.2. The zero-order valence-corrected chi connectivity index (χ0v) is 18.6. The van der Waals surface area contributed by atoms with Crippen LogP contribution < -0.4 is 5.56 Å². The van der Waals surface area contributed by atoms with E-state index in [0.29, 0.717) is 32.4 Å². The number of rotatable bonds is 5. The summed E-state index contributed by atoms with van der Waals surface area (Å²) in [4.78, 5) is 38.6. The van der Waals surface area contributed by atoms with Crippen molar-refractivity contribution in [3.8, 4) is 0 Å². The number of carbonyl (C=O) groups is 1. The van der Waals surface area contributed by atoms with Gasteiger partial charge in [0.2, 0.25) is 0 Å². The van der Waals surface area contributed by atoms with Crippen molar-refractivity contribution in [3.63, 3.8) is 0 Å². The third-order valence-corrected chi connectivity index (χ3v) is 7.05. The number of thiazole rings is 1. The lowest BCUT2D eigenvalue weighted by Gasteiger charge is -2.05. The van der Waals surface area contributed by atoms with Crippen LogP contribution >= 0.6 is 23.1 Å². The number of ether oxygens (including phenoxy) is 1. The van der Waals surface area contributed by atoms with Crippen molar-refractivity contribution in [3.05, 3.63) is 77.0 Å². The summed E-state index contributed by atoms with van der Waals surface area (Å²) in [5.74, 6) is -0.408. The van der Waals surface area contributed by atoms with Crippen molar-refractivity contribution in [1.82, 2.24) is 19.4 Å². The third kappa shape index (κ3) is 3.53. The molecule has 0 aliphatic carbocycles. The van der Waals surface area contributed by atoms with Gasteiger partial charge in [-0.25, -0.2) is 15.0 Å². The Morgan fingerprint density at radius 3 is 2.91 bits per heavy atom. The molecule has 0 saturated heterocycles. The SMILES string of the molecule is O=C(CSc1ncnc2c1oc1ccccc12)OCc1cc(=O)n2c(n1)sc1ccccc12. The van der Waals surface area contributed by atoms with Crippen molar-refractivity contribution < 1.29 is 13.9 Å². The molecule has 6 rings (SSSR count). The Bertz CT molecular complexity index is 1740. The summed E-state index contributed by atoms with van der Waals surface area (Å²) in [7, 11) is 0. The van der Waals surface area contributed by atoms with Crippen LogP contribution in [-0.4, -0.2) is 31.1 Å². The first-order valence-electron chi connectivity index (χ1n) is 9.98. The maximum Gasteiger partial charge on any atom is 0.316 e. The Hall–Kier alpha value is -3.76. The summed E-state index contributed by atoms with van der Waals surface area (Å²) >= 11 is 2.63. The number of furan rings is 1. The van der Waals surface area contributed by atoms with E-state index in [-0.39, 0.29) is 17.9 Å². The molecule has 0 atom stereocenters. The molecule has 0 saturated carbocycles. The highest BCUT2D eigenvalue weighted by Crippen LogP contribution is 2.32. The Labute approximate surface area is 193 Å². The Balaban J connectivity index is 1.17. The average molecular weight is 475 g/mol.